The Morgan fingerprint density at radius 2 is 2.12 bits per heavy atom. The van der Waals surface area contributed by atoms with Gasteiger partial charge in [-0.25, -0.2) is 4.98 Å². The standard InChI is InChI=1S/C18H22N4OS/c23-16(20-13-18-6-3-9-22(18)10-4-7-18)11-14-12-24-17(21-14)15-5-1-2-8-19-15/h1-2,5,8,12H,3-4,6-7,9-11,13H2,(H,20,23). The Bertz CT molecular complexity index is 705. The van der Waals surface area contributed by atoms with E-state index in [-0.39, 0.29) is 11.4 Å². The highest BCUT2D eigenvalue weighted by molar-refractivity contribution is 7.13. The van der Waals surface area contributed by atoms with E-state index >= 15 is 0 Å². The molecule has 2 aliphatic rings. The van der Waals surface area contributed by atoms with E-state index in [9.17, 15) is 4.79 Å². The number of aromatic nitrogens is 2. The highest BCUT2D eigenvalue weighted by Gasteiger charge is 2.44. The quantitative estimate of drug-likeness (QED) is 0.907. The Hall–Kier alpha value is -1.79. The smallest absolute Gasteiger partial charge is 0.226 e. The number of carbonyl (C=O) groups excluding carboxylic acids is 1. The van der Waals surface area contributed by atoms with Crippen molar-refractivity contribution in [1.82, 2.24) is 20.2 Å². The first-order valence-corrected chi connectivity index (χ1v) is 9.51. The van der Waals surface area contributed by atoms with Gasteiger partial charge in [0.1, 0.15) is 5.01 Å². The number of thiazole rings is 1. The van der Waals surface area contributed by atoms with Gasteiger partial charge in [0.05, 0.1) is 17.8 Å². The molecule has 0 atom stereocenters. The van der Waals surface area contributed by atoms with Crippen LogP contribution in [-0.2, 0) is 11.2 Å². The van der Waals surface area contributed by atoms with Crippen LogP contribution in [-0.4, -0.2) is 45.9 Å². The largest absolute Gasteiger partial charge is 0.354 e. The summed E-state index contributed by atoms with van der Waals surface area (Å²) in [6, 6.07) is 5.78. The van der Waals surface area contributed by atoms with E-state index in [4.69, 9.17) is 0 Å². The van der Waals surface area contributed by atoms with Gasteiger partial charge in [-0.05, 0) is 50.9 Å². The van der Waals surface area contributed by atoms with Gasteiger partial charge in [-0.3, -0.25) is 14.7 Å². The van der Waals surface area contributed by atoms with Crippen LogP contribution >= 0.6 is 11.3 Å². The fraction of sp³-hybridized carbons (Fsp3) is 0.500. The van der Waals surface area contributed by atoms with Crippen LogP contribution in [0.2, 0.25) is 0 Å². The number of hydrogen-bond acceptors (Lipinski definition) is 5. The average Bonchev–Trinajstić information content (AvgIpc) is 3.29. The molecule has 0 bridgehead atoms. The second-order valence-corrected chi connectivity index (χ2v) is 7.59. The third-order valence-electron chi connectivity index (χ3n) is 5.20. The summed E-state index contributed by atoms with van der Waals surface area (Å²) in [6.07, 6.45) is 7.06. The number of fused-ring (bicyclic) bond motifs is 1. The second kappa shape index (κ2) is 6.61. The van der Waals surface area contributed by atoms with E-state index in [1.807, 2.05) is 23.6 Å². The average molecular weight is 342 g/mol. The van der Waals surface area contributed by atoms with Crippen molar-refractivity contribution in [2.45, 2.75) is 37.6 Å². The molecule has 24 heavy (non-hydrogen) atoms. The predicted molar refractivity (Wildman–Crippen MR) is 94.8 cm³/mol. The monoisotopic (exact) mass is 342 g/mol. The first-order chi connectivity index (χ1) is 11.8. The molecule has 4 rings (SSSR count). The Labute approximate surface area is 146 Å². The van der Waals surface area contributed by atoms with Crippen LogP contribution < -0.4 is 5.32 Å². The molecule has 1 N–H and O–H groups in total. The molecule has 0 aromatic carbocycles. The maximum Gasteiger partial charge on any atom is 0.226 e. The van der Waals surface area contributed by atoms with Crippen LogP contribution in [0.25, 0.3) is 10.7 Å². The van der Waals surface area contributed by atoms with Gasteiger partial charge in [-0.1, -0.05) is 6.07 Å². The van der Waals surface area contributed by atoms with Gasteiger partial charge in [-0.2, -0.15) is 0 Å². The predicted octanol–water partition coefficient (Wildman–Crippen LogP) is 2.49. The minimum Gasteiger partial charge on any atom is -0.354 e. The minimum absolute atomic E-state index is 0.0704. The SMILES string of the molecule is O=C(Cc1csc(-c2ccccn2)n1)NCC12CCCN1CCC2. The molecule has 2 saturated heterocycles. The van der Waals surface area contributed by atoms with Gasteiger partial charge in [0.15, 0.2) is 0 Å². The third-order valence-corrected chi connectivity index (χ3v) is 6.12. The summed E-state index contributed by atoms with van der Waals surface area (Å²) in [5, 5.41) is 5.98. The van der Waals surface area contributed by atoms with Crippen LogP contribution in [0.1, 0.15) is 31.4 Å². The summed E-state index contributed by atoms with van der Waals surface area (Å²) in [5.41, 5.74) is 1.92. The molecular weight excluding hydrogens is 320 g/mol. The normalized spacial score (nSPS) is 19.3. The molecule has 1 amide bonds. The summed E-state index contributed by atoms with van der Waals surface area (Å²) in [6.45, 7) is 3.16. The van der Waals surface area contributed by atoms with Crippen molar-refractivity contribution in [3.8, 4) is 10.7 Å². The minimum atomic E-state index is 0.0704. The van der Waals surface area contributed by atoms with Crippen LogP contribution in [0.3, 0.4) is 0 Å². The summed E-state index contributed by atoms with van der Waals surface area (Å²) in [7, 11) is 0. The molecule has 0 spiro atoms. The van der Waals surface area contributed by atoms with Crippen LogP contribution in [0.5, 0.6) is 0 Å². The summed E-state index contributed by atoms with van der Waals surface area (Å²) < 4.78 is 0. The summed E-state index contributed by atoms with van der Waals surface area (Å²) in [5.74, 6) is 0.0704. The van der Waals surface area contributed by atoms with Crippen molar-refractivity contribution >= 4 is 17.2 Å². The lowest BCUT2D eigenvalue weighted by Gasteiger charge is -2.32. The molecule has 126 valence electrons. The maximum absolute atomic E-state index is 12.3. The van der Waals surface area contributed by atoms with Gasteiger partial charge >= 0.3 is 0 Å². The van der Waals surface area contributed by atoms with Crippen molar-refractivity contribution in [3.05, 3.63) is 35.5 Å². The van der Waals surface area contributed by atoms with Crippen molar-refractivity contribution in [2.24, 2.45) is 0 Å². The highest BCUT2D eigenvalue weighted by Crippen LogP contribution is 2.38. The zero-order valence-corrected chi connectivity index (χ0v) is 14.5. The van der Waals surface area contributed by atoms with E-state index < -0.39 is 0 Å². The number of nitrogens with zero attached hydrogens (tertiary/aromatic N) is 3. The van der Waals surface area contributed by atoms with Crippen molar-refractivity contribution in [2.75, 3.05) is 19.6 Å². The molecule has 2 fully saturated rings. The molecule has 6 heteroatoms. The lowest BCUT2D eigenvalue weighted by atomic mass is 9.94. The molecular formula is C18H22N4OS. The third kappa shape index (κ3) is 3.08. The molecule has 4 heterocycles. The van der Waals surface area contributed by atoms with Gasteiger partial charge in [0.2, 0.25) is 5.91 Å². The van der Waals surface area contributed by atoms with Crippen molar-refractivity contribution in [1.29, 1.82) is 0 Å². The highest BCUT2D eigenvalue weighted by atomic mass is 32.1. The van der Waals surface area contributed by atoms with Gasteiger partial charge in [-0.15, -0.1) is 11.3 Å². The Morgan fingerprint density at radius 3 is 2.88 bits per heavy atom. The van der Waals surface area contributed by atoms with E-state index in [0.29, 0.717) is 6.42 Å². The summed E-state index contributed by atoms with van der Waals surface area (Å²) in [4.78, 5) is 23.7. The molecule has 2 aliphatic heterocycles. The fourth-order valence-electron chi connectivity index (χ4n) is 4.00. The van der Waals surface area contributed by atoms with Gasteiger partial charge in [0, 0.05) is 23.7 Å². The second-order valence-electron chi connectivity index (χ2n) is 6.73. The van der Waals surface area contributed by atoms with E-state index in [1.54, 1.807) is 17.5 Å². The van der Waals surface area contributed by atoms with E-state index in [0.717, 1.165) is 22.9 Å². The zero-order chi connectivity index (χ0) is 16.4. The number of rotatable bonds is 5. The van der Waals surface area contributed by atoms with Crippen LogP contribution in [0, 0.1) is 0 Å². The number of hydrogen-bond donors (Lipinski definition) is 1. The van der Waals surface area contributed by atoms with Gasteiger partial charge in [0.25, 0.3) is 0 Å². The van der Waals surface area contributed by atoms with Crippen LogP contribution in [0.15, 0.2) is 29.8 Å². The Morgan fingerprint density at radius 1 is 1.29 bits per heavy atom. The number of nitrogens with one attached hydrogen (secondary N) is 1. The van der Waals surface area contributed by atoms with Crippen molar-refractivity contribution < 1.29 is 4.79 Å². The fourth-order valence-corrected chi connectivity index (χ4v) is 4.79. The topological polar surface area (TPSA) is 58.1 Å². The molecule has 0 saturated carbocycles. The Kier molecular flexibility index (Phi) is 4.33. The molecule has 0 radical (unpaired) electrons. The first-order valence-electron chi connectivity index (χ1n) is 8.63. The molecule has 0 aliphatic carbocycles. The molecule has 5 nitrogen and oxygen atoms in total. The lowest BCUT2D eigenvalue weighted by molar-refractivity contribution is -0.121. The van der Waals surface area contributed by atoms with E-state index in [2.05, 4.69) is 20.2 Å². The van der Waals surface area contributed by atoms with Crippen LogP contribution in [0.4, 0.5) is 0 Å². The number of carbonyl (C=O) groups is 1. The first kappa shape index (κ1) is 15.7. The zero-order valence-electron chi connectivity index (χ0n) is 13.7. The Balaban J connectivity index is 1.34. The maximum atomic E-state index is 12.3. The van der Waals surface area contributed by atoms with Gasteiger partial charge < -0.3 is 5.32 Å². The molecule has 2 aromatic rings. The molecule has 2 aromatic heterocycles. The summed E-state index contributed by atoms with van der Waals surface area (Å²) >= 11 is 1.54. The molecule has 0 unspecified atom stereocenters. The van der Waals surface area contributed by atoms with Crippen molar-refractivity contribution in [3.63, 3.8) is 0 Å². The van der Waals surface area contributed by atoms with E-state index in [1.165, 1.54) is 38.8 Å². The lowest BCUT2D eigenvalue weighted by Crippen LogP contribution is -2.48. The number of pyridine rings is 1. The number of amides is 1.